The maximum atomic E-state index is 12.7. The lowest BCUT2D eigenvalue weighted by Gasteiger charge is -2.26. The lowest BCUT2D eigenvalue weighted by Crippen LogP contribution is -2.30. The molecule has 1 aliphatic rings. The van der Waals surface area contributed by atoms with Crippen LogP contribution in [0.5, 0.6) is 0 Å². The number of halogens is 1. The molecule has 0 radical (unpaired) electrons. The Morgan fingerprint density at radius 2 is 1.82 bits per heavy atom. The number of anilines is 1. The Morgan fingerprint density at radius 3 is 2.55 bits per heavy atom. The van der Waals surface area contributed by atoms with Crippen LogP contribution in [0.1, 0.15) is 29.1 Å². The fourth-order valence-electron chi connectivity index (χ4n) is 2.59. The predicted molar refractivity (Wildman–Crippen MR) is 88.3 cm³/mol. The Labute approximate surface area is 135 Å². The first-order valence-corrected chi connectivity index (χ1v) is 7.91. The molecule has 3 nitrogen and oxygen atoms in total. The molecular weight excluding hydrogens is 298 g/mol. The van der Waals surface area contributed by atoms with Gasteiger partial charge in [0, 0.05) is 22.7 Å². The van der Waals surface area contributed by atoms with Crippen molar-refractivity contribution in [2.45, 2.75) is 13.2 Å². The molecule has 2 unspecified atom stereocenters. The number of amides is 1. The van der Waals surface area contributed by atoms with Crippen LogP contribution in [0.15, 0.2) is 54.6 Å². The molecule has 0 aliphatic carbocycles. The highest BCUT2D eigenvalue weighted by Gasteiger charge is 2.38. The third-order valence-electron chi connectivity index (χ3n) is 3.75. The number of hydrogen-bond donors (Lipinski definition) is 0. The van der Waals surface area contributed by atoms with Crippen LogP contribution in [0, 0.1) is 5.92 Å². The van der Waals surface area contributed by atoms with Crippen LogP contribution < -0.4 is 4.90 Å². The molecule has 0 saturated heterocycles. The van der Waals surface area contributed by atoms with E-state index >= 15 is 0 Å². The minimum atomic E-state index is -0.392. The molecule has 1 heterocycles. The maximum absolute atomic E-state index is 12.7. The number of fused-ring (bicyclic) bond motifs is 1. The van der Waals surface area contributed by atoms with Gasteiger partial charge < -0.3 is 4.74 Å². The van der Waals surface area contributed by atoms with E-state index < -0.39 is 6.23 Å². The van der Waals surface area contributed by atoms with Crippen molar-refractivity contribution in [2.24, 2.45) is 5.92 Å². The third-order valence-corrected chi connectivity index (χ3v) is 4.27. The molecule has 0 spiro atoms. The van der Waals surface area contributed by atoms with Crippen LogP contribution in [-0.2, 0) is 4.74 Å². The molecule has 114 valence electrons. The number of carbonyl (C=O) groups excluding carboxylic acids is 1. The number of rotatable bonds is 5. The molecule has 0 aromatic heterocycles. The lowest BCUT2D eigenvalue weighted by atomic mass is 10.1. The van der Waals surface area contributed by atoms with E-state index in [4.69, 9.17) is 16.3 Å². The summed E-state index contributed by atoms with van der Waals surface area (Å²) in [6, 6.07) is 17.2. The summed E-state index contributed by atoms with van der Waals surface area (Å²) in [6.07, 6.45) is -0.392. The van der Waals surface area contributed by atoms with Gasteiger partial charge >= 0.3 is 0 Å². The Kier molecular flexibility index (Phi) is 4.46. The second kappa shape index (κ2) is 6.51. The standard InChI is InChI=1S/C18H18ClNO2/c1-13(11-19)12-22-18-16-10-6-5-9-15(16)17(21)20(18)14-7-3-2-4-8-14/h2-10,13,18H,11-12H2,1H3. The first-order valence-electron chi connectivity index (χ1n) is 7.37. The fourth-order valence-corrected chi connectivity index (χ4v) is 2.68. The SMILES string of the molecule is CC(CCl)COC1c2ccccc2C(=O)N1c1ccccc1. The summed E-state index contributed by atoms with van der Waals surface area (Å²) in [6.45, 7) is 2.54. The maximum Gasteiger partial charge on any atom is 0.261 e. The van der Waals surface area contributed by atoms with Crippen molar-refractivity contribution in [2.75, 3.05) is 17.4 Å². The number of benzene rings is 2. The van der Waals surface area contributed by atoms with Crippen LogP contribution in [0.4, 0.5) is 5.69 Å². The molecule has 2 aromatic carbocycles. The normalized spacial score (nSPS) is 18.4. The lowest BCUT2D eigenvalue weighted by molar-refractivity contribution is 0.0373. The van der Waals surface area contributed by atoms with Gasteiger partial charge in [-0.1, -0.05) is 43.3 Å². The average molecular weight is 316 g/mol. The summed E-state index contributed by atoms with van der Waals surface area (Å²) in [5.74, 6) is 0.751. The molecule has 0 bridgehead atoms. The molecule has 2 aromatic rings. The van der Waals surface area contributed by atoms with Gasteiger partial charge in [-0.3, -0.25) is 9.69 Å². The summed E-state index contributed by atoms with van der Waals surface area (Å²) < 4.78 is 6.04. The van der Waals surface area contributed by atoms with Crippen LogP contribution in [0.25, 0.3) is 0 Å². The second-order valence-corrected chi connectivity index (χ2v) is 5.85. The number of nitrogens with zero attached hydrogens (tertiary/aromatic N) is 1. The summed E-state index contributed by atoms with van der Waals surface area (Å²) >= 11 is 5.86. The van der Waals surface area contributed by atoms with Crippen molar-refractivity contribution < 1.29 is 9.53 Å². The van der Waals surface area contributed by atoms with Crippen molar-refractivity contribution in [3.63, 3.8) is 0 Å². The largest absolute Gasteiger partial charge is 0.353 e. The molecule has 0 fully saturated rings. The molecule has 4 heteroatoms. The minimum Gasteiger partial charge on any atom is -0.353 e. The van der Waals surface area contributed by atoms with E-state index in [1.165, 1.54) is 0 Å². The van der Waals surface area contributed by atoms with Crippen molar-refractivity contribution in [1.29, 1.82) is 0 Å². The number of carbonyl (C=O) groups is 1. The van der Waals surface area contributed by atoms with Crippen LogP contribution in [0.3, 0.4) is 0 Å². The van der Waals surface area contributed by atoms with E-state index in [2.05, 4.69) is 0 Å². The van der Waals surface area contributed by atoms with E-state index in [1.54, 1.807) is 4.90 Å². The van der Waals surface area contributed by atoms with Crippen molar-refractivity contribution in [1.82, 2.24) is 0 Å². The molecule has 1 amide bonds. The van der Waals surface area contributed by atoms with Gasteiger partial charge in [0.15, 0.2) is 6.23 Å². The quantitative estimate of drug-likeness (QED) is 0.772. The molecule has 1 aliphatic heterocycles. The van der Waals surface area contributed by atoms with Gasteiger partial charge in [0.1, 0.15) is 0 Å². The number of para-hydroxylation sites is 1. The van der Waals surface area contributed by atoms with E-state index in [-0.39, 0.29) is 11.8 Å². The first kappa shape index (κ1) is 15.1. The molecule has 2 atom stereocenters. The summed E-state index contributed by atoms with van der Waals surface area (Å²) in [5.41, 5.74) is 2.46. The van der Waals surface area contributed by atoms with Gasteiger partial charge in [-0.15, -0.1) is 11.6 Å². The van der Waals surface area contributed by atoms with Gasteiger partial charge in [0.05, 0.1) is 6.61 Å². The zero-order valence-corrected chi connectivity index (χ0v) is 13.2. The zero-order chi connectivity index (χ0) is 15.5. The van der Waals surface area contributed by atoms with Crippen molar-refractivity contribution >= 4 is 23.2 Å². The Balaban J connectivity index is 1.95. The first-order chi connectivity index (χ1) is 10.7. The van der Waals surface area contributed by atoms with Gasteiger partial charge in [0.2, 0.25) is 0 Å². The molecule has 3 rings (SSSR count). The highest BCUT2D eigenvalue weighted by molar-refractivity contribution is 6.18. The van der Waals surface area contributed by atoms with Gasteiger partial charge in [-0.2, -0.15) is 0 Å². The Morgan fingerprint density at radius 1 is 1.14 bits per heavy atom. The molecular formula is C18H18ClNO2. The van der Waals surface area contributed by atoms with E-state index in [9.17, 15) is 4.79 Å². The van der Waals surface area contributed by atoms with Gasteiger partial charge in [-0.25, -0.2) is 0 Å². The highest BCUT2D eigenvalue weighted by atomic mass is 35.5. The average Bonchev–Trinajstić information content (AvgIpc) is 2.86. The fraction of sp³-hybridized carbons (Fsp3) is 0.278. The summed E-state index contributed by atoms with van der Waals surface area (Å²) in [7, 11) is 0. The van der Waals surface area contributed by atoms with Crippen LogP contribution in [0.2, 0.25) is 0 Å². The minimum absolute atomic E-state index is 0.0228. The van der Waals surface area contributed by atoms with E-state index in [0.717, 1.165) is 11.3 Å². The van der Waals surface area contributed by atoms with Crippen LogP contribution in [-0.4, -0.2) is 18.4 Å². The molecule has 22 heavy (non-hydrogen) atoms. The Bertz CT molecular complexity index is 659. The highest BCUT2D eigenvalue weighted by Crippen LogP contribution is 2.38. The predicted octanol–water partition coefficient (Wildman–Crippen LogP) is 4.24. The number of alkyl halides is 1. The van der Waals surface area contributed by atoms with Gasteiger partial charge in [-0.05, 0) is 24.1 Å². The zero-order valence-electron chi connectivity index (χ0n) is 12.4. The molecule has 0 saturated carbocycles. The molecule has 0 N–H and O–H groups in total. The van der Waals surface area contributed by atoms with E-state index in [0.29, 0.717) is 18.1 Å². The topological polar surface area (TPSA) is 29.5 Å². The number of hydrogen-bond acceptors (Lipinski definition) is 2. The van der Waals surface area contributed by atoms with Crippen molar-refractivity contribution in [3.05, 3.63) is 65.7 Å². The Hall–Kier alpha value is -1.84. The number of ether oxygens (including phenoxy) is 1. The second-order valence-electron chi connectivity index (χ2n) is 5.54. The third kappa shape index (κ3) is 2.74. The van der Waals surface area contributed by atoms with Gasteiger partial charge in [0.25, 0.3) is 5.91 Å². The monoisotopic (exact) mass is 315 g/mol. The smallest absolute Gasteiger partial charge is 0.261 e. The summed E-state index contributed by atoms with van der Waals surface area (Å²) in [4.78, 5) is 14.5. The van der Waals surface area contributed by atoms with Crippen molar-refractivity contribution in [3.8, 4) is 0 Å². The van der Waals surface area contributed by atoms with Crippen LogP contribution >= 0.6 is 11.6 Å². The van der Waals surface area contributed by atoms with E-state index in [1.807, 2.05) is 61.5 Å². The summed E-state index contributed by atoms with van der Waals surface area (Å²) in [5, 5.41) is 0.